The Balaban J connectivity index is 2.06. The normalized spacial score (nSPS) is 61.8. The van der Waals surface area contributed by atoms with E-state index in [1.54, 1.807) is 0 Å². The van der Waals surface area contributed by atoms with Gasteiger partial charge in [-0.05, 0) is 38.5 Å². The first-order valence-corrected chi connectivity index (χ1v) is 5.57. The van der Waals surface area contributed by atoms with Crippen LogP contribution in [0.15, 0.2) is 0 Å². The first kappa shape index (κ1) is 8.28. The first-order chi connectivity index (χ1) is 5.87. The number of rotatable bonds is 0. The summed E-state index contributed by atoms with van der Waals surface area (Å²) in [6, 6.07) is 0. The van der Waals surface area contributed by atoms with Gasteiger partial charge in [0.25, 0.3) is 0 Å². The second-order valence-electron chi connectivity index (χ2n) is 6.38. The summed E-state index contributed by atoms with van der Waals surface area (Å²) in [7, 11) is 0. The molecule has 0 radical (unpaired) electrons. The van der Waals surface area contributed by atoms with Gasteiger partial charge in [-0.2, -0.15) is 0 Å². The lowest BCUT2D eigenvalue weighted by Gasteiger charge is -2.61. The van der Waals surface area contributed by atoms with E-state index in [1.807, 2.05) is 0 Å². The molecule has 1 heterocycles. The van der Waals surface area contributed by atoms with Crippen molar-refractivity contribution in [1.82, 2.24) is 0 Å². The maximum atomic E-state index is 6.12. The fraction of sp³-hybridized carbons (Fsp3) is 1.00. The minimum absolute atomic E-state index is 0.226. The molecule has 0 N–H and O–H groups in total. The van der Waals surface area contributed by atoms with Crippen molar-refractivity contribution in [3.05, 3.63) is 0 Å². The highest BCUT2D eigenvalue weighted by molar-refractivity contribution is 5.36. The van der Waals surface area contributed by atoms with Crippen LogP contribution in [0.2, 0.25) is 0 Å². The fourth-order valence-corrected chi connectivity index (χ4v) is 4.89. The molecule has 3 fully saturated rings. The molecule has 0 bridgehead atoms. The molecular formula is C12H20O. The minimum atomic E-state index is 0.226. The number of hydrogen-bond acceptors (Lipinski definition) is 1. The highest BCUT2D eigenvalue weighted by Crippen LogP contribution is 2.85. The molecule has 3 unspecified atom stereocenters. The van der Waals surface area contributed by atoms with Crippen molar-refractivity contribution in [2.45, 2.75) is 64.6 Å². The quantitative estimate of drug-likeness (QED) is 0.556. The van der Waals surface area contributed by atoms with Crippen LogP contribution in [0.5, 0.6) is 0 Å². The molecule has 0 aromatic rings. The Morgan fingerprint density at radius 2 is 1.62 bits per heavy atom. The average Bonchev–Trinajstić information content (AvgIpc) is 2.47. The van der Waals surface area contributed by atoms with Crippen LogP contribution in [0, 0.1) is 10.8 Å². The predicted molar refractivity (Wildman–Crippen MR) is 52.6 cm³/mol. The molecule has 2 aliphatic carbocycles. The summed E-state index contributed by atoms with van der Waals surface area (Å²) in [6.07, 6.45) is 5.33. The Bertz CT molecular complexity index is 269. The molecule has 0 aromatic heterocycles. The average molecular weight is 180 g/mol. The molecule has 13 heavy (non-hydrogen) atoms. The van der Waals surface area contributed by atoms with Crippen molar-refractivity contribution in [2.24, 2.45) is 10.8 Å². The molecular weight excluding hydrogens is 160 g/mol. The third-order valence-electron chi connectivity index (χ3n) is 5.34. The molecule has 1 heteroatoms. The zero-order valence-corrected chi connectivity index (χ0v) is 9.24. The van der Waals surface area contributed by atoms with Gasteiger partial charge in [0.15, 0.2) is 0 Å². The van der Waals surface area contributed by atoms with Gasteiger partial charge >= 0.3 is 0 Å². The van der Waals surface area contributed by atoms with Crippen molar-refractivity contribution in [3.8, 4) is 0 Å². The molecule has 1 aliphatic heterocycles. The molecule has 2 saturated carbocycles. The van der Waals surface area contributed by atoms with E-state index in [0.717, 1.165) is 0 Å². The lowest BCUT2D eigenvalue weighted by atomic mass is 9.55. The molecule has 3 aliphatic rings. The van der Waals surface area contributed by atoms with Gasteiger partial charge < -0.3 is 4.74 Å². The van der Waals surface area contributed by atoms with Crippen molar-refractivity contribution in [2.75, 3.05) is 0 Å². The van der Waals surface area contributed by atoms with Crippen LogP contribution in [-0.2, 0) is 4.74 Å². The monoisotopic (exact) mass is 180 g/mol. The Morgan fingerprint density at radius 3 is 2.00 bits per heavy atom. The molecule has 3 rings (SSSR count). The minimum Gasteiger partial charge on any atom is -0.368 e. The SMILES string of the molecule is CC1(C)CCCC2(C)OC3(C)CC123. The lowest BCUT2D eigenvalue weighted by Crippen LogP contribution is -2.64. The van der Waals surface area contributed by atoms with Crippen LogP contribution in [0.3, 0.4) is 0 Å². The van der Waals surface area contributed by atoms with E-state index in [9.17, 15) is 0 Å². The largest absolute Gasteiger partial charge is 0.368 e. The maximum Gasteiger partial charge on any atom is 0.0759 e. The Hall–Kier alpha value is -0.0400. The van der Waals surface area contributed by atoms with E-state index in [1.165, 1.54) is 25.7 Å². The van der Waals surface area contributed by atoms with E-state index in [0.29, 0.717) is 10.8 Å². The highest BCUT2D eigenvalue weighted by Gasteiger charge is 2.88. The molecule has 74 valence electrons. The second kappa shape index (κ2) is 1.71. The topological polar surface area (TPSA) is 9.23 Å². The van der Waals surface area contributed by atoms with Gasteiger partial charge in [0, 0.05) is 5.41 Å². The molecule has 0 amide bonds. The lowest BCUT2D eigenvalue weighted by molar-refractivity contribution is -0.294. The third kappa shape index (κ3) is 0.587. The van der Waals surface area contributed by atoms with Crippen LogP contribution in [0.4, 0.5) is 0 Å². The summed E-state index contributed by atoms with van der Waals surface area (Å²) in [4.78, 5) is 0. The number of hydrogen-bond donors (Lipinski definition) is 0. The third-order valence-corrected chi connectivity index (χ3v) is 5.34. The summed E-state index contributed by atoms with van der Waals surface area (Å²) in [5, 5.41) is 0. The molecule has 0 aromatic carbocycles. The summed E-state index contributed by atoms with van der Waals surface area (Å²) >= 11 is 0. The van der Waals surface area contributed by atoms with Crippen LogP contribution in [0.1, 0.15) is 53.4 Å². The maximum absolute atomic E-state index is 6.12. The van der Waals surface area contributed by atoms with Crippen molar-refractivity contribution in [1.29, 1.82) is 0 Å². The van der Waals surface area contributed by atoms with E-state index >= 15 is 0 Å². The van der Waals surface area contributed by atoms with Gasteiger partial charge in [-0.1, -0.05) is 20.3 Å². The van der Waals surface area contributed by atoms with Crippen molar-refractivity contribution < 1.29 is 4.74 Å². The van der Waals surface area contributed by atoms with Crippen molar-refractivity contribution >= 4 is 0 Å². The van der Waals surface area contributed by atoms with E-state index in [4.69, 9.17) is 4.74 Å². The number of ether oxygens (including phenoxy) is 1. The molecule has 1 nitrogen and oxygen atoms in total. The second-order valence-corrected chi connectivity index (χ2v) is 6.38. The predicted octanol–water partition coefficient (Wildman–Crippen LogP) is 3.13. The summed E-state index contributed by atoms with van der Waals surface area (Å²) < 4.78 is 6.12. The van der Waals surface area contributed by atoms with Gasteiger partial charge in [0.05, 0.1) is 11.2 Å². The first-order valence-electron chi connectivity index (χ1n) is 5.57. The zero-order chi connectivity index (χ0) is 9.54. The zero-order valence-electron chi connectivity index (χ0n) is 9.24. The van der Waals surface area contributed by atoms with Crippen LogP contribution in [-0.4, -0.2) is 11.2 Å². The van der Waals surface area contributed by atoms with Gasteiger partial charge in [-0.3, -0.25) is 0 Å². The molecule has 1 saturated heterocycles. The van der Waals surface area contributed by atoms with Gasteiger partial charge in [0.1, 0.15) is 0 Å². The van der Waals surface area contributed by atoms with Gasteiger partial charge in [-0.25, -0.2) is 0 Å². The summed E-state index contributed by atoms with van der Waals surface area (Å²) in [5.41, 5.74) is 1.52. The van der Waals surface area contributed by atoms with Crippen LogP contribution < -0.4 is 0 Å². The standard InChI is InChI=1S/C12H20O/c1-9(2)6-5-7-10(3)12(9)8-11(12,4)13-10/h5-8H2,1-4H3. The Kier molecular flexibility index (Phi) is 1.09. The van der Waals surface area contributed by atoms with E-state index in [-0.39, 0.29) is 11.2 Å². The van der Waals surface area contributed by atoms with Gasteiger partial charge in [-0.15, -0.1) is 0 Å². The summed E-state index contributed by atoms with van der Waals surface area (Å²) in [5.74, 6) is 0. The molecule has 3 atom stereocenters. The van der Waals surface area contributed by atoms with E-state index < -0.39 is 0 Å². The van der Waals surface area contributed by atoms with Crippen molar-refractivity contribution in [3.63, 3.8) is 0 Å². The summed E-state index contributed by atoms with van der Waals surface area (Å²) in [6.45, 7) is 9.53. The molecule has 1 spiro atoms. The van der Waals surface area contributed by atoms with Gasteiger partial charge in [0.2, 0.25) is 0 Å². The highest BCUT2D eigenvalue weighted by atomic mass is 16.6. The van der Waals surface area contributed by atoms with E-state index in [2.05, 4.69) is 27.7 Å². The smallest absolute Gasteiger partial charge is 0.0759 e. The Morgan fingerprint density at radius 1 is 0.923 bits per heavy atom. The Labute approximate surface area is 80.8 Å². The fourth-order valence-electron chi connectivity index (χ4n) is 4.89. The van der Waals surface area contributed by atoms with Crippen LogP contribution in [0.25, 0.3) is 0 Å². The van der Waals surface area contributed by atoms with Crippen LogP contribution >= 0.6 is 0 Å².